The second-order valence-electron chi connectivity index (χ2n) is 29.2. The Labute approximate surface area is 717 Å². The Morgan fingerprint density at radius 1 is 0.149 bits per heavy atom. The average molecular weight is 1730 g/mol. The normalized spacial score (nSPS) is 10.6. The van der Waals surface area contributed by atoms with E-state index in [1.807, 2.05) is 20.8 Å². The van der Waals surface area contributed by atoms with Crippen LogP contribution < -0.4 is 56.8 Å². The van der Waals surface area contributed by atoms with Crippen molar-refractivity contribution in [1.82, 2.24) is 0 Å². The highest BCUT2D eigenvalue weighted by Crippen LogP contribution is 2.34. The van der Waals surface area contributed by atoms with Crippen LogP contribution in [0, 0.1) is 69.8 Å². The molecule has 6 aromatic carbocycles. The van der Waals surface area contributed by atoms with Crippen molar-refractivity contribution in [2.24, 2.45) is 0 Å². The van der Waals surface area contributed by atoms with Crippen LogP contribution in [0.25, 0.3) is 0 Å². The zero-order valence-corrected chi connectivity index (χ0v) is 75.0. The van der Waals surface area contributed by atoms with Gasteiger partial charge in [0, 0.05) is 0 Å². The SMILES string of the molecule is CCCCCCCCCOc1ccc(OC)c(F)c1F.CCCCCCCCOc1ccc(OC)c(F)c1F.CCCCCCCCOc1ccc(OCC)c(F)c1F.CCCCCCCCOc1ccc(OCCCC)c(F)c1F.CCCCCCCOc1ccc(OCCC)c(F)c1F.CCCCCCCOc1ccc(OCCC)c(F)c1F. The van der Waals surface area contributed by atoms with Gasteiger partial charge in [0.2, 0.25) is 69.8 Å². The van der Waals surface area contributed by atoms with Crippen LogP contribution in [0.1, 0.15) is 320 Å². The number of benzene rings is 6. The maximum absolute atomic E-state index is 13.9. The molecule has 0 aliphatic rings. The summed E-state index contributed by atoms with van der Waals surface area (Å²) in [6.45, 7) is 24.5. The van der Waals surface area contributed by atoms with Crippen molar-refractivity contribution >= 4 is 0 Å². The number of hydrogen-bond acceptors (Lipinski definition) is 12. The molecule has 0 saturated heterocycles. The number of rotatable bonds is 61. The maximum Gasteiger partial charge on any atom is 0.204 e. The molecule has 0 bridgehead atoms. The predicted octanol–water partition coefficient (Wildman–Crippen LogP) is 31.0. The first-order valence-corrected chi connectivity index (χ1v) is 45.0. The second-order valence-corrected chi connectivity index (χ2v) is 29.2. The highest BCUT2D eigenvalue weighted by molar-refractivity contribution is 5.39. The van der Waals surface area contributed by atoms with E-state index < -0.39 is 69.8 Å². The third kappa shape index (κ3) is 48.7. The fourth-order valence-corrected chi connectivity index (χ4v) is 11.6. The van der Waals surface area contributed by atoms with E-state index in [1.54, 1.807) is 6.92 Å². The molecular formula is C97H146F12O12. The number of methoxy groups -OCH3 is 2. The van der Waals surface area contributed by atoms with Gasteiger partial charge >= 0.3 is 0 Å². The Hall–Kier alpha value is -7.92. The predicted molar refractivity (Wildman–Crippen MR) is 463 cm³/mol. The largest absolute Gasteiger partial charge is 0.494 e. The average Bonchev–Trinajstić information content (AvgIpc) is 0.900. The van der Waals surface area contributed by atoms with Gasteiger partial charge in [0.1, 0.15) is 0 Å². The molecule has 12 nitrogen and oxygen atoms in total. The van der Waals surface area contributed by atoms with Gasteiger partial charge in [-0.05, 0) is 138 Å². The zero-order valence-electron chi connectivity index (χ0n) is 75.0. The van der Waals surface area contributed by atoms with E-state index in [0.717, 1.165) is 135 Å². The van der Waals surface area contributed by atoms with Gasteiger partial charge in [-0.15, -0.1) is 0 Å². The quantitative estimate of drug-likeness (QED) is 0.0268. The monoisotopic (exact) mass is 1730 g/mol. The summed E-state index contributed by atoms with van der Waals surface area (Å²) >= 11 is 0. The van der Waals surface area contributed by atoms with Crippen LogP contribution in [0.4, 0.5) is 52.7 Å². The van der Waals surface area contributed by atoms with E-state index in [0.29, 0.717) is 66.1 Å². The van der Waals surface area contributed by atoms with Crippen molar-refractivity contribution in [3.63, 3.8) is 0 Å². The molecule has 6 rings (SSSR count). The third-order valence-electron chi connectivity index (χ3n) is 18.8. The lowest BCUT2D eigenvalue weighted by atomic mass is 10.1. The van der Waals surface area contributed by atoms with Crippen LogP contribution in [-0.4, -0.2) is 80.3 Å². The van der Waals surface area contributed by atoms with Crippen molar-refractivity contribution in [1.29, 1.82) is 0 Å². The first-order valence-electron chi connectivity index (χ1n) is 45.0. The minimum Gasteiger partial charge on any atom is -0.494 e. The van der Waals surface area contributed by atoms with E-state index in [4.69, 9.17) is 56.8 Å². The van der Waals surface area contributed by atoms with Crippen LogP contribution in [-0.2, 0) is 0 Å². The van der Waals surface area contributed by atoms with Gasteiger partial charge in [-0.2, -0.15) is 52.7 Å². The molecule has 0 amide bonds. The molecule has 24 heteroatoms. The summed E-state index contributed by atoms with van der Waals surface area (Å²) in [6, 6.07) is 16.9. The number of hydrogen-bond donors (Lipinski definition) is 0. The molecule has 0 atom stereocenters. The minimum atomic E-state index is -0.997. The molecule has 0 aliphatic carbocycles. The standard InChI is InChI=1S/C18H28F2O2.4C16H24F2O2.C15H22F2O2/c1-3-5-7-8-9-10-14-22-16-12-11-15(17(19)18(16)20)21-13-6-4-2;1-3-4-5-6-7-8-9-12-20-14-11-10-13(19-2)15(17)16(14)18;2*1-3-5-6-7-8-12-20-14-10-9-13(19-11-4-2)15(17)16(14)18;1-3-5-6-7-8-9-12-20-14-11-10-13(19-4-2)15(17)16(14)18;1-3-4-5-6-7-8-11-19-13-10-9-12(18-2)14(16)15(13)17/h11-12H,3-10,13-14H2,1-2H3;10-11H,3-9,12H2,1-2H3;2*9-10H,3-8,11-12H2,1-2H3;10-11H,3-9,12H2,1-2H3;9-10H,3-8,11H2,1-2H3. The lowest BCUT2D eigenvalue weighted by Crippen LogP contribution is -2.04. The van der Waals surface area contributed by atoms with E-state index >= 15 is 0 Å². The fourth-order valence-electron chi connectivity index (χ4n) is 11.6. The Morgan fingerprint density at radius 2 is 0.281 bits per heavy atom. The Balaban J connectivity index is 0.000000726. The van der Waals surface area contributed by atoms with Crippen molar-refractivity contribution in [3.8, 4) is 69.0 Å². The van der Waals surface area contributed by atoms with Gasteiger partial charge in [-0.1, -0.05) is 255 Å². The van der Waals surface area contributed by atoms with Crippen LogP contribution >= 0.6 is 0 Å². The molecule has 0 N–H and O–H groups in total. The molecule has 690 valence electrons. The smallest absolute Gasteiger partial charge is 0.204 e. The molecule has 0 spiro atoms. The second kappa shape index (κ2) is 73.6. The van der Waals surface area contributed by atoms with E-state index in [9.17, 15) is 52.7 Å². The Kier molecular flexibility index (Phi) is 67.6. The lowest BCUT2D eigenvalue weighted by Gasteiger charge is -2.11. The first-order chi connectivity index (χ1) is 58.7. The number of unbranched alkanes of at least 4 members (excludes halogenated alkanes) is 30. The van der Waals surface area contributed by atoms with Crippen molar-refractivity contribution < 1.29 is 110 Å². The molecule has 0 radical (unpaired) electrons. The number of halogens is 12. The third-order valence-corrected chi connectivity index (χ3v) is 18.8. The van der Waals surface area contributed by atoms with Crippen molar-refractivity contribution in [2.75, 3.05) is 80.3 Å². The Bertz CT molecular complexity index is 3480. The van der Waals surface area contributed by atoms with Crippen molar-refractivity contribution in [3.05, 3.63) is 143 Å². The molecule has 0 aliphatic heterocycles. The van der Waals surface area contributed by atoms with Gasteiger partial charge in [0.25, 0.3) is 0 Å². The summed E-state index contributed by atoms with van der Waals surface area (Å²) in [4.78, 5) is 0. The highest BCUT2D eigenvalue weighted by atomic mass is 19.2. The van der Waals surface area contributed by atoms with Crippen LogP contribution in [0.2, 0.25) is 0 Å². The van der Waals surface area contributed by atoms with Gasteiger partial charge in [0.15, 0.2) is 69.0 Å². The summed E-state index contributed by atoms with van der Waals surface area (Å²) < 4.78 is 225. The summed E-state index contributed by atoms with van der Waals surface area (Å²) in [7, 11) is 2.60. The van der Waals surface area contributed by atoms with Gasteiger partial charge in [-0.3, -0.25) is 0 Å². The lowest BCUT2D eigenvalue weighted by molar-refractivity contribution is 0.268. The maximum atomic E-state index is 13.9. The topological polar surface area (TPSA) is 111 Å². The van der Waals surface area contributed by atoms with E-state index in [2.05, 4.69) is 41.5 Å². The highest BCUT2D eigenvalue weighted by Gasteiger charge is 2.21. The molecule has 0 aromatic heterocycles. The molecule has 0 unspecified atom stereocenters. The molecule has 0 fully saturated rings. The minimum absolute atomic E-state index is 0.0334. The van der Waals surface area contributed by atoms with Gasteiger partial charge < -0.3 is 56.8 Å². The van der Waals surface area contributed by atoms with Crippen LogP contribution in [0.3, 0.4) is 0 Å². The van der Waals surface area contributed by atoms with Crippen LogP contribution in [0.15, 0.2) is 72.8 Å². The summed E-state index contributed by atoms with van der Waals surface area (Å²) in [6.07, 6.45) is 42.6. The van der Waals surface area contributed by atoms with Crippen molar-refractivity contribution in [2.45, 2.75) is 320 Å². The Morgan fingerprint density at radius 3 is 0.438 bits per heavy atom. The molecule has 0 saturated carbocycles. The van der Waals surface area contributed by atoms with Gasteiger partial charge in [-0.25, -0.2) is 0 Å². The fraction of sp³-hybridized carbons (Fsp3) is 0.629. The molecular weight excluding hydrogens is 1590 g/mol. The molecule has 0 heterocycles. The zero-order chi connectivity index (χ0) is 89.5. The first kappa shape index (κ1) is 111. The summed E-state index contributed by atoms with van der Waals surface area (Å²) in [5.74, 6) is -12.4. The summed E-state index contributed by atoms with van der Waals surface area (Å²) in [5, 5.41) is 0. The van der Waals surface area contributed by atoms with Crippen LogP contribution in [0.5, 0.6) is 69.0 Å². The van der Waals surface area contributed by atoms with Gasteiger partial charge in [0.05, 0.1) is 80.3 Å². The summed E-state index contributed by atoms with van der Waals surface area (Å²) in [5.41, 5.74) is 0. The number of ether oxygens (including phenoxy) is 12. The van der Waals surface area contributed by atoms with E-state index in [-0.39, 0.29) is 69.0 Å². The molecule has 121 heavy (non-hydrogen) atoms. The molecule has 6 aromatic rings. The van der Waals surface area contributed by atoms with E-state index in [1.165, 1.54) is 203 Å².